The van der Waals surface area contributed by atoms with Gasteiger partial charge in [0, 0.05) is 5.69 Å². The molecule has 0 aliphatic heterocycles. The van der Waals surface area contributed by atoms with Crippen LogP contribution in [-0.2, 0) is 17.1 Å². The molecular formula is C9H10N6O4S. The molecule has 0 amide bonds. The van der Waals surface area contributed by atoms with Gasteiger partial charge in [0.25, 0.3) is 16.0 Å². The summed E-state index contributed by atoms with van der Waals surface area (Å²) in [6.07, 6.45) is 0. The third-order valence-corrected chi connectivity index (χ3v) is 3.63. The van der Waals surface area contributed by atoms with Crippen LogP contribution < -0.4 is 10.5 Å². The van der Waals surface area contributed by atoms with Gasteiger partial charge in [-0.1, -0.05) is 5.10 Å². The summed E-state index contributed by atoms with van der Waals surface area (Å²) in [5, 5.41) is 19.6. The molecule has 2 aromatic rings. The Morgan fingerprint density at radius 2 is 2.15 bits per heavy atom. The van der Waals surface area contributed by atoms with E-state index < -0.39 is 26.5 Å². The normalized spacial score (nSPS) is 11.2. The monoisotopic (exact) mass is 298 g/mol. The minimum atomic E-state index is -4.19. The molecule has 1 aromatic heterocycles. The largest absolute Gasteiger partial charge is 0.478 e. The van der Waals surface area contributed by atoms with Crippen molar-refractivity contribution in [2.45, 2.75) is 4.90 Å². The van der Waals surface area contributed by atoms with E-state index in [4.69, 9.17) is 10.8 Å². The molecule has 11 heteroatoms. The van der Waals surface area contributed by atoms with Crippen molar-refractivity contribution in [2.75, 3.05) is 10.5 Å². The zero-order valence-electron chi connectivity index (χ0n) is 10.2. The highest BCUT2D eigenvalue weighted by atomic mass is 32.2. The maximum absolute atomic E-state index is 12.1. The highest BCUT2D eigenvalue weighted by Crippen LogP contribution is 2.21. The van der Waals surface area contributed by atoms with Crippen LogP contribution in [0.25, 0.3) is 0 Å². The Bertz CT molecular complexity index is 768. The molecule has 0 spiro atoms. The number of anilines is 2. The summed E-state index contributed by atoms with van der Waals surface area (Å²) in [6.45, 7) is 0. The van der Waals surface area contributed by atoms with Crippen molar-refractivity contribution in [3.05, 3.63) is 23.8 Å². The second-order valence-corrected chi connectivity index (χ2v) is 5.42. The van der Waals surface area contributed by atoms with E-state index in [0.717, 1.165) is 16.9 Å². The average Bonchev–Trinajstić information content (AvgIpc) is 2.73. The van der Waals surface area contributed by atoms with Crippen molar-refractivity contribution < 1.29 is 18.3 Å². The van der Waals surface area contributed by atoms with Gasteiger partial charge in [0.15, 0.2) is 0 Å². The second kappa shape index (κ2) is 4.77. The fraction of sp³-hybridized carbons (Fsp3) is 0.111. The van der Waals surface area contributed by atoms with E-state index in [1.54, 1.807) is 0 Å². The van der Waals surface area contributed by atoms with E-state index in [-0.39, 0.29) is 11.6 Å². The lowest BCUT2D eigenvalue weighted by Crippen LogP contribution is -2.18. The predicted molar refractivity (Wildman–Crippen MR) is 67.4 cm³/mol. The highest BCUT2D eigenvalue weighted by Gasteiger charge is 2.24. The highest BCUT2D eigenvalue weighted by molar-refractivity contribution is 7.92. The van der Waals surface area contributed by atoms with Crippen molar-refractivity contribution in [1.82, 2.24) is 20.2 Å². The van der Waals surface area contributed by atoms with Crippen molar-refractivity contribution in [1.29, 1.82) is 0 Å². The zero-order valence-corrected chi connectivity index (χ0v) is 11.0. The van der Waals surface area contributed by atoms with Crippen LogP contribution in [0.3, 0.4) is 0 Å². The topological polar surface area (TPSA) is 153 Å². The summed E-state index contributed by atoms with van der Waals surface area (Å²) in [5.74, 6) is -1.66. The SMILES string of the molecule is Cn1nnc(NS(=O)(=O)c2cc(N)ccc2C(=O)O)n1. The minimum Gasteiger partial charge on any atom is -0.478 e. The number of nitrogens with zero attached hydrogens (tertiary/aromatic N) is 4. The lowest BCUT2D eigenvalue weighted by atomic mass is 10.2. The maximum Gasteiger partial charge on any atom is 0.337 e. The summed E-state index contributed by atoms with van der Waals surface area (Å²) in [6, 6.07) is 3.45. The molecule has 0 unspecified atom stereocenters. The Morgan fingerprint density at radius 1 is 1.45 bits per heavy atom. The third kappa shape index (κ3) is 2.66. The standard InChI is InChI=1S/C9H10N6O4S/c1-15-12-9(11-14-15)13-20(18,19)7-4-5(10)2-3-6(7)8(16)17/h2-4H,10H2,1H3,(H,12,13)(H,16,17). The smallest absolute Gasteiger partial charge is 0.337 e. The molecular weight excluding hydrogens is 288 g/mol. The fourth-order valence-corrected chi connectivity index (χ4v) is 2.61. The number of benzene rings is 1. The minimum absolute atomic E-state index is 0.113. The molecule has 0 fully saturated rings. The van der Waals surface area contributed by atoms with Crippen LogP contribution in [0.5, 0.6) is 0 Å². The molecule has 0 saturated heterocycles. The number of nitrogens with one attached hydrogen (secondary N) is 1. The number of carbonyl (C=O) groups is 1. The zero-order chi connectivity index (χ0) is 14.9. The summed E-state index contributed by atoms with van der Waals surface area (Å²) < 4.78 is 26.3. The van der Waals surface area contributed by atoms with E-state index in [2.05, 4.69) is 15.4 Å². The molecule has 2 rings (SSSR count). The molecule has 0 aliphatic rings. The fourth-order valence-electron chi connectivity index (χ4n) is 1.44. The van der Waals surface area contributed by atoms with E-state index in [9.17, 15) is 13.2 Å². The van der Waals surface area contributed by atoms with Gasteiger partial charge in [-0.2, -0.15) is 4.80 Å². The van der Waals surface area contributed by atoms with Gasteiger partial charge in [-0.25, -0.2) is 17.9 Å². The Kier molecular flexibility index (Phi) is 3.28. The molecule has 0 saturated carbocycles. The van der Waals surface area contributed by atoms with Gasteiger partial charge in [0.05, 0.1) is 12.6 Å². The lowest BCUT2D eigenvalue weighted by molar-refractivity contribution is 0.0692. The summed E-state index contributed by atoms with van der Waals surface area (Å²) in [4.78, 5) is 11.6. The number of tetrazole rings is 1. The van der Waals surface area contributed by atoms with Crippen LogP contribution in [0, 0.1) is 0 Å². The molecule has 1 aromatic carbocycles. The summed E-state index contributed by atoms with van der Waals surface area (Å²) in [7, 11) is -2.73. The molecule has 1 heterocycles. The van der Waals surface area contributed by atoms with Crippen LogP contribution in [0.1, 0.15) is 10.4 Å². The van der Waals surface area contributed by atoms with Crippen molar-refractivity contribution in [3.63, 3.8) is 0 Å². The Balaban J connectivity index is 2.48. The molecule has 0 bridgehead atoms. The second-order valence-electron chi connectivity index (χ2n) is 3.77. The number of aromatic carboxylic acids is 1. The molecule has 20 heavy (non-hydrogen) atoms. The first-order valence-corrected chi connectivity index (χ1v) is 6.67. The van der Waals surface area contributed by atoms with Crippen LogP contribution >= 0.6 is 0 Å². The van der Waals surface area contributed by atoms with E-state index in [1.165, 1.54) is 13.1 Å². The number of hydrogen-bond acceptors (Lipinski definition) is 7. The Labute approximate surface area is 113 Å². The summed E-state index contributed by atoms with van der Waals surface area (Å²) in [5.41, 5.74) is 5.20. The van der Waals surface area contributed by atoms with Crippen LogP contribution in [0.4, 0.5) is 11.6 Å². The molecule has 0 radical (unpaired) electrons. The van der Waals surface area contributed by atoms with Crippen LogP contribution in [0.15, 0.2) is 23.1 Å². The summed E-state index contributed by atoms with van der Waals surface area (Å²) >= 11 is 0. The predicted octanol–water partition coefficient (Wildman–Crippen LogP) is -0.709. The van der Waals surface area contributed by atoms with Crippen LogP contribution in [-0.4, -0.2) is 39.7 Å². The first-order valence-electron chi connectivity index (χ1n) is 5.19. The van der Waals surface area contributed by atoms with Gasteiger partial charge >= 0.3 is 5.97 Å². The first-order chi connectivity index (χ1) is 9.29. The number of nitrogens with two attached hydrogens (primary N) is 1. The number of sulfonamides is 1. The molecule has 0 aliphatic carbocycles. The number of hydrogen-bond donors (Lipinski definition) is 3. The van der Waals surface area contributed by atoms with Gasteiger partial charge in [-0.3, -0.25) is 0 Å². The quantitative estimate of drug-likeness (QED) is 0.625. The van der Waals surface area contributed by atoms with Crippen molar-refractivity contribution in [2.24, 2.45) is 7.05 Å². The number of rotatable bonds is 4. The number of carboxylic acids is 1. The number of aromatic nitrogens is 4. The number of carboxylic acid groups (broad SMARTS) is 1. The van der Waals surface area contributed by atoms with Gasteiger partial charge in [0.1, 0.15) is 4.90 Å². The van der Waals surface area contributed by atoms with Gasteiger partial charge < -0.3 is 10.8 Å². The van der Waals surface area contributed by atoms with E-state index >= 15 is 0 Å². The van der Waals surface area contributed by atoms with Gasteiger partial charge in [-0.15, -0.1) is 5.10 Å². The Hall–Kier alpha value is -2.69. The first kappa shape index (κ1) is 13.7. The van der Waals surface area contributed by atoms with Crippen molar-refractivity contribution >= 4 is 27.6 Å². The van der Waals surface area contributed by atoms with Gasteiger partial charge in [0.2, 0.25) is 0 Å². The number of aryl methyl sites for hydroxylation is 1. The van der Waals surface area contributed by atoms with Crippen molar-refractivity contribution in [3.8, 4) is 0 Å². The van der Waals surface area contributed by atoms with E-state index in [0.29, 0.717) is 0 Å². The van der Waals surface area contributed by atoms with Gasteiger partial charge in [-0.05, 0) is 23.4 Å². The average molecular weight is 298 g/mol. The molecule has 106 valence electrons. The third-order valence-electron chi connectivity index (χ3n) is 2.26. The molecule has 4 N–H and O–H groups in total. The van der Waals surface area contributed by atoms with Crippen LogP contribution in [0.2, 0.25) is 0 Å². The Morgan fingerprint density at radius 3 is 2.70 bits per heavy atom. The number of nitrogen functional groups attached to an aromatic ring is 1. The molecule has 10 nitrogen and oxygen atoms in total. The maximum atomic E-state index is 12.1. The van der Waals surface area contributed by atoms with E-state index in [1.807, 2.05) is 4.72 Å². The lowest BCUT2D eigenvalue weighted by Gasteiger charge is -2.08. The molecule has 0 atom stereocenters.